The molecular weight excluding hydrogens is 353 g/mol. The highest BCUT2D eigenvalue weighted by Crippen LogP contribution is 2.21. The molecule has 2 rings (SSSR count). The molecule has 0 radical (unpaired) electrons. The lowest BCUT2D eigenvalue weighted by atomic mass is 10.2. The summed E-state index contributed by atoms with van der Waals surface area (Å²) >= 11 is 12.8. The molecule has 0 saturated carbocycles. The van der Waals surface area contributed by atoms with Crippen LogP contribution in [0.15, 0.2) is 36.7 Å². The van der Waals surface area contributed by atoms with Crippen molar-refractivity contribution in [2.75, 3.05) is 0 Å². The average molecular weight is 363 g/mol. The topological polar surface area (TPSA) is 4.93 Å². The Morgan fingerprint density at radius 1 is 0.938 bits per heavy atom. The summed E-state index contributed by atoms with van der Waals surface area (Å²) in [6, 6.07) is 7.83. The average Bonchev–Trinajstić information content (AvgIpc) is 2.73. The van der Waals surface area contributed by atoms with Gasteiger partial charge >= 0.3 is 0 Å². The fourth-order valence-corrected chi connectivity index (χ4v) is 2.68. The molecule has 0 aliphatic heterocycles. The van der Waals surface area contributed by atoms with Crippen molar-refractivity contribution < 1.29 is 0 Å². The number of nitrogens with zero attached hydrogens (tertiary/aromatic N) is 1. The summed E-state index contributed by atoms with van der Waals surface area (Å²) in [5.74, 6) is 0. The zero-order valence-corrected chi connectivity index (χ0v) is 12.4. The normalized spacial score (nSPS) is 10.7. The van der Waals surface area contributed by atoms with Gasteiger partial charge in [0.05, 0.1) is 0 Å². The second-order valence-electron chi connectivity index (χ2n) is 3.46. The first-order valence-corrected chi connectivity index (χ1v) is 7.44. The van der Waals surface area contributed by atoms with Gasteiger partial charge in [-0.25, -0.2) is 0 Å². The van der Waals surface area contributed by atoms with Crippen molar-refractivity contribution in [1.29, 1.82) is 0 Å². The molecule has 0 N–H and O–H groups in total. The zero-order chi connectivity index (χ0) is 11.5. The first-order chi connectivity index (χ1) is 7.74. The predicted molar refractivity (Wildman–Crippen MR) is 76.0 cm³/mol. The van der Waals surface area contributed by atoms with Gasteiger partial charge in [0.1, 0.15) is 0 Å². The third-order valence-corrected chi connectivity index (χ3v) is 3.88. The molecule has 1 aromatic carbocycles. The maximum atomic E-state index is 5.87. The van der Waals surface area contributed by atoms with E-state index in [0.717, 1.165) is 21.4 Å². The summed E-state index contributed by atoms with van der Waals surface area (Å²) in [5, 5.41) is 2.50. The van der Waals surface area contributed by atoms with Gasteiger partial charge in [-0.3, -0.25) is 0 Å². The number of aromatic nitrogens is 1. The third-order valence-electron chi connectivity index (χ3n) is 2.42. The highest BCUT2D eigenvalue weighted by Gasteiger charge is 2.05. The smallest absolute Gasteiger partial charge is 0.0450 e. The van der Waals surface area contributed by atoms with Crippen molar-refractivity contribution in [3.8, 4) is 5.69 Å². The van der Waals surface area contributed by atoms with Crippen LogP contribution in [-0.4, -0.2) is 4.57 Å². The molecule has 0 spiro atoms. The molecule has 1 nitrogen and oxygen atoms in total. The van der Waals surface area contributed by atoms with E-state index in [4.69, 9.17) is 11.6 Å². The lowest BCUT2D eigenvalue weighted by Crippen LogP contribution is -1.88. The Morgan fingerprint density at radius 3 is 1.88 bits per heavy atom. The van der Waals surface area contributed by atoms with Crippen LogP contribution in [0.1, 0.15) is 11.1 Å². The van der Waals surface area contributed by atoms with Crippen LogP contribution in [0, 0.1) is 0 Å². The molecule has 1 heterocycles. The van der Waals surface area contributed by atoms with Crippen molar-refractivity contribution in [3.63, 3.8) is 0 Å². The van der Waals surface area contributed by atoms with Gasteiger partial charge in [0.25, 0.3) is 0 Å². The van der Waals surface area contributed by atoms with Crippen LogP contribution in [0.25, 0.3) is 5.69 Å². The minimum absolute atomic E-state index is 0.761. The highest BCUT2D eigenvalue weighted by molar-refractivity contribution is 9.09. The Balaban J connectivity index is 2.40. The predicted octanol–water partition coefficient (Wildman–Crippen LogP) is 4.92. The van der Waals surface area contributed by atoms with Gasteiger partial charge in [0, 0.05) is 33.8 Å². The zero-order valence-electron chi connectivity index (χ0n) is 8.46. The molecule has 1 aromatic heterocycles. The first-order valence-electron chi connectivity index (χ1n) is 4.82. The fourth-order valence-electron chi connectivity index (χ4n) is 1.54. The van der Waals surface area contributed by atoms with Gasteiger partial charge in [-0.1, -0.05) is 43.5 Å². The van der Waals surface area contributed by atoms with E-state index in [2.05, 4.69) is 48.8 Å². The number of alkyl halides is 2. The standard InChI is InChI=1S/C12H10Br2ClN/c13-5-9-7-16(8-10(9)6-14)12-3-1-11(15)2-4-12/h1-4,7-8H,5-6H2. The van der Waals surface area contributed by atoms with Crippen molar-refractivity contribution in [2.45, 2.75) is 10.7 Å². The molecule has 0 atom stereocenters. The summed E-state index contributed by atoms with van der Waals surface area (Å²) in [4.78, 5) is 0. The minimum Gasteiger partial charge on any atom is -0.323 e. The van der Waals surface area contributed by atoms with E-state index in [1.54, 1.807) is 0 Å². The van der Waals surface area contributed by atoms with E-state index in [0.29, 0.717) is 0 Å². The summed E-state index contributed by atoms with van der Waals surface area (Å²) in [6.45, 7) is 0. The second-order valence-corrected chi connectivity index (χ2v) is 5.02. The minimum atomic E-state index is 0.761. The van der Waals surface area contributed by atoms with Gasteiger partial charge in [0.15, 0.2) is 0 Å². The Labute approximate surface area is 117 Å². The van der Waals surface area contributed by atoms with Gasteiger partial charge in [-0.15, -0.1) is 0 Å². The van der Waals surface area contributed by atoms with Crippen molar-refractivity contribution >= 4 is 43.5 Å². The lowest BCUT2D eigenvalue weighted by Gasteiger charge is -2.01. The van der Waals surface area contributed by atoms with Crippen LogP contribution >= 0.6 is 43.5 Å². The number of hydrogen-bond donors (Lipinski definition) is 0. The summed E-state index contributed by atoms with van der Waals surface area (Å²) in [5.41, 5.74) is 3.72. The van der Waals surface area contributed by atoms with E-state index in [-0.39, 0.29) is 0 Å². The summed E-state index contributed by atoms with van der Waals surface area (Å²) < 4.78 is 2.11. The van der Waals surface area contributed by atoms with Crippen LogP contribution in [-0.2, 0) is 10.7 Å². The fraction of sp³-hybridized carbons (Fsp3) is 0.167. The molecule has 16 heavy (non-hydrogen) atoms. The largest absolute Gasteiger partial charge is 0.323 e. The van der Waals surface area contributed by atoms with Gasteiger partial charge < -0.3 is 4.57 Å². The molecule has 0 aliphatic rings. The number of halogens is 3. The molecule has 0 saturated heterocycles. The number of rotatable bonds is 3. The van der Waals surface area contributed by atoms with Crippen LogP contribution in [0.5, 0.6) is 0 Å². The van der Waals surface area contributed by atoms with Gasteiger partial charge in [0.2, 0.25) is 0 Å². The quantitative estimate of drug-likeness (QED) is 0.682. The van der Waals surface area contributed by atoms with E-state index < -0.39 is 0 Å². The SMILES string of the molecule is Clc1ccc(-n2cc(CBr)c(CBr)c2)cc1. The summed E-state index contributed by atoms with van der Waals surface area (Å²) in [6.07, 6.45) is 4.27. The molecule has 0 bridgehead atoms. The Hall–Kier alpha value is -0.250. The Bertz CT molecular complexity index is 455. The molecular formula is C12H10Br2ClN. The van der Waals surface area contributed by atoms with E-state index >= 15 is 0 Å². The number of benzene rings is 1. The molecule has 0 amide bonds. The monoisotopic (exact) mass is 361 g/mol. The molecule has 0 unspecified atom stereocenters. The maximum Gasteiger partial charge on any atom is 0.0450 e. The van der Waals surface area contributed by atoms with Crippen molar-refractivity contribution in [3.05, 3.63) is 52.8 Å². The summed E-state index contributed by atoms with van der Waals surface area (Å²) in [7, 11) is 0. The lowest BCUT2D eigenvalue weighted by molar-refractivity contribution is 1.07. The van der Waals surface area contributed by atoms with E-state index in [1.807, 2.05) is 24.3 Å². The van der Waals surface area contributed by atoms with Crippen LogP contribution in [0.3, 0.4) is 0 Å². The van der Waals surface area contributed by atoms with Crippen molar-refractivity contribution in [1.82, 2.24) is 4.57 Å². The molecule has 0 fully saturated rings. The van der Waals surface area contributed by atoms with Gasteiger partial charge in [-0.2, -0.15) is 0 Å². The third kappa shape index (κ3) is 2.53. The van der Waals surface area contributed by atoms with Crippen LogP contribution in [0.4, 0.5) is 0 Å². The maximum absolute atomic E-state index is 5.87. The first kappa shape index (κ1) is 12.2. The van der Waals surface area contributed by atoms with Crippen LogP contribution in [0.2, 0.25) is 5.02 Å². The molecule has 4 heteroatoms. The second kappa shape index (κ2) is 5.39. The number of hydrogen-bond acceptors (Lipinski definition) is 0. The van der Waals surface area contributed by atoms with E-state index in [1.165, 1.54) is 11.1 Å². The van der Waals surface area contributed by atoms with E-state index in [9.17, 15) is 0 Å². The molecule has 84 valence electrons. The molecule has 0 aliphatic carbocycles. The molecule has 2 aromatic rings. The highest BCUT2D eigenvalue weighted by atomic mass is 79.9. The Morgan fingerprint density at radius 2 is 1.44 bits per heavy atom. The Kier molecular flexibility index (Phi) is 4.11. The van der Waals surface area contributed by atoms with Crippen molar-refractivity contribution in [2.24, 2.45) is 0 Å². The van der Waals surface area contributed by atoms with Gasteiger partial charge in [-0.05, 0) is 35.4 Å². The van der Waals surface area contributed by atoms with Crippen LogP contribution < -0.4 is 0 Å².